The second kappa shape index (κ2) is 8.16. The van der Waals surface area contributed by atoms with E-state index in [9.17, 15) is 14.0 Å². The van der Waals surface area contributed by atoms with Crippen LogP contribution in [-0.2, 0) is 13.0 Å². The third-order valence-corrected chi connectivity index (χ3v) is 6.78. The van der Waals surface area contributed by atoms with Gasteiger partial charge in [-0.25, -0.2) is 13.9 Å². The first-order chi connectivity index (χ1) is 15.4. The maximum atomic E-state index is 13.2. The molecular formula is C24H28FN5O2. The third kappa shape index (κ3) is 3.72. The Hall–Kier alpha value is -3.00. The van der Waals surface area contributed by atoms with Crippen molar-refractivity contribution in [2.45, 2.75) is 51.6 Å². The Morgan fingerprint density at radius 2 is 2.00 bits per heavy atom. The second-order valence-electron chi connectivity index (χ2n) is 9.16. The maximum absolute atomic E-state index is 13.2. The van der Waals surface area contributed by atoms with Crippen molar-refractivity contribution >= 4 is 11.6 Å². The Labute approximate surface area is 185 Å². The van der Waals surface area contributed by atoms with Gasteiger partial charge in [-0.15, -0.1) is 0 Å². The van der Waals surface area contributed by atoms with Gasteiger partial charge >= 0.3 is 0 Å². The van der Waals surface area contributed by atoms with Gasteiger partial charge in [0.25, 0.3) is 11.5 Å². The highest BCUT2D eigenvalue weighted by atomic mass is 19.1. The molecule has 0 radical (unpaired) electrons. The van der Waals surface area contributed by atoms with Crippen LogP contribution in [0.5, 0.6) is 0 Å². The number of fused-ring (bicyclic) bond motifs is 2. The summed E-state index contributed by atoms with van der Waals surface area (Å²) >= 11 is 0. The fourth-order valence-electron chi connectivity index (χ4n) is 4.86. The van der Waals surface area contributed by atoms with Gasteiger partial charge in [0.2, 0.25) is 0 Å². The number of piperidine rings is 1. The summed E-state index contributed by atoms with van der Waals surface area (Å²) in [7, 11) is 0. The molecule has 4 heterocycles. The molecule has 0 saturated carbocycles. The van der Waals surface area contributed by atoms with Crippen LogP contribution in [0.2, 0.25) is 0 Å². The Balaban J connectivity index is 1.41. The van der Waals surface area contributed by atoms with Crippen molar-refractivity contribution in [2.75, 3.05) is 19.6 Å². The number of aromatic nitrogens is 3. The quantitative estimate of drug-likeness (QED) is 0.684. The van der Waals surface area contributed by atoms with Crippen LogP contribution < -0.4 is 5.56 Å². The molecule has 1 atom stereocenters. The summed E-state index contributed by atoms with van der Waals surface area (Å²) in [6.45, 7) is 7.04. The number of hydrogen-bond donors (Lipinski definition) is 1. The van der Waals surface area contributed by atoms with E-state index in [1.54, 1.807) is 4.52 Å². The predicted octanol–water partition coefficient (Wildman–Crippen LogP) is 2.95. The van der Waals surface area contributed by atoms with Gasteiger partial charge in [0.15, 0.2) is 5.65 Å². The number of amides is 1. The van der Waals surface area contributed by atoms with E-state index in [2.05, 4.69) is 23.8 Å². The van der Waals surface area contributed by atoms with Gasteiger partial charge in [-0.1, -0.05) is 0 Å². The van der Waals surface area contributed by atoms with E-state index >= 15 is 0 Å². The molecule has 2 aromatic heterocycles. The molecule has 0 aliphatic carbocycles. The van der Waals surface area contributed by atoms with Crippen LogP contribution in [0.3, 0.4) is 0 Å². The number of H-pyrrole nitrogens is 1. The van der Waals surface area contributed by atoms with Crippen molar-refractivity contribution in [1.29, 1.82) is 0 Å². The topological polar surface area (TPSA) is 73.7 Å². The number of rotatable bonds is 3. The normalized spacial score (nSPS) is 19.5. The van der Waals surface area contributed by atoms with E-state index in [1.807, 2.05) is 11.0 Å². The molecule has 1 N–H and O–H groups in total. The molecule has 3 aromatic rings. The predicted molar refractivity (Wildman–Crippen MR) is 119 cm³/mol. The summed E-state index contributed by atoms with van der Waals surface area (Å²) in [5.41, 5.74) is 3.69. The zero-order chi connectivity index (χ0) is 22.4. The van der Waals surface area contributed by atoms with Crippen LogP contribution in [0.4, 0.5) is 4.39 Å². The van der Waals surface area contributed by atoms with Gasteiger partial charge in [-0.05, 0) is 51.0 Å². The average Bonchev–Trinajstić information content (AvgIpc) is 3.23. The number of aromatic amines is 1. The number of nitrogens with one attached hydrogen (secondary N) is 1. The number of carbonyl (C=O) groups is 1. The van der Waals surface area contributed by atoms with Crippen molar-refractivity contribution in [3.05, 3.63) is 69.0 Å². The minimum absolute atomic E-state index is 0.0309. The largest absolute Gasteiger partial charge is 0.338 e. The molecule has 1 fully saturated rings. The van der Waals surface area contributed by atoms with Crippen LogP contribution in [-0.4, -0.2) is 56.0 Å². The highest BCUT2D eigenvalue weighted by molar-refractivity contribution is 5.94. The van der Waals surface area contributed by atoms with Crippen LogP contribution in [0, 0.1) is 5.82 Å². The number of hydrogen-bond acceptors (Lipinski definition) is 4. The number of benzene rings is 1. The molecule has 1 amide bonds. The Kier molecular flexibility index (Phi) is 5.33. The van der Waals surface area contributed by atoms with E-state index in [0.29, 0.717) is 36.9 Å². The molecule has 0 unspecified atom stereocenters. The van der Waals surface area contributed by atoms with Gasteiger partial charge in [0.05, 0.1) is 11.3 Å². The third-order valence-electron chi connectivity index (χ3n) is 6.78. The molecule has 32 heavy (non-hydrogen) atoms. The minimum Gasteiger partial charge on any atom is -0.338 e. The Morgan fingerprint density at radius 1 is 1.22 bits per heavy atom. The van der Waals surface area contributed by atoms with Gasteiger partial charge in [0, 0.05) is 61.9 Å². The molecule has 2 aliphatic heterocycles. The fraction of sp³-hybridized carbons (Fsp3) is 0.458. The van der Waals surface area contributed by atoms with E-state index in [1.165, 1.54) is 24.3 Å². The van der Waals surface area contributed by atoms with E-state index in [0.717, 1.165) is 42.8 Å². The lowest BCUT2D eigenvalue weighted by Crippen LogP contribution is -2.40. The minimum atomic E-state index is -0.353. The van der Waals surface area contributed by atoms with Gasteiger partial charge < -0.3 is 4.90 Å². The number of likely N-dealkylation sites (tertiary alicyclic amines) is 1. The summed E-state index contributed by atoms with van der Waals surface area (Å²) < 4.78 is 14.8. The van der Waals surface area contributed by atoms with Crippen LogP contribution in [0.25, 0.3) is 5.65 Å². The molecule has 168 valence electrons. The molecule has 0 spiro atoms. The van der Waals surface area contributed by atoms with Crippen molar-refractivity contribution in [2.24, 2.45) is 0 Å². The highest BCUT2D eigenvalue weighted by Crippen LogP contribution is 2.28. The monoisotopic (exact) mass is 437 g/mol. The Bertz CT molecular complexity index is 1210. The molecule has 1 saturated heterocycles. The summed E-state index contributed by atoms with van der Waals surface area (Å²) in [4.78, 5) is 35.0. The standard InChI is InChI=1S/C24H28FN5O2/c1-15(2)28-11-9-20-19(14-28)24(32)30-22(26-20)12-21(27-30)17-4-3-10-29(13-17)23(31)16-5-7-18(25)8-6-16/h5-8,12,15,17,27H,3-4,9-11,13-14H2,1-2H3/t17-/m0/s1. The van der Waals surface area contributed by atoms with Gasteiger partial charge in [-0.2, -0.15) is 0 Å². The highest BCUT2D eigenvalue weighted by Gasteiger charge is 2.28. The zero-order valence-electron chi connectivity index (χ0n) is 18.5. The lowest BCUT2D eigenvalue weighted by atomic mass is 9.94. The molecule has 7 nitrogen and oxygen atoms in total. The van der Waals surface area contributed by atoms with E-state index < -0.39 is 0 Å². The van der Waals surface area contributed by atoms with Crippen LogP contribution in [0.1, 0.15) is 59.9 Å². The molecule has 2 aliphatic rings. The molecule has 5 rings (SSSR count). The van der Waals surface area contributed by atoms with Crippen molar-refractivity contribution in [3.63, 3.8) is 0 Å². The molecular weight excluding hydrogens is 409 g/mol. The summed E-state index contributed by atoms with van der Waals surface area (Å²) in [6, 6.07) is 8.01. The smallest absolute Gasteiger partial charge is 0.277 e. The first-order valence-electron chi connectivity index (χ1n) is 11.3. The van der Waals surface area contributed by atoms with Gasteiger partial charge in [0.1, 0.15) is 5.82 Å². The van der Waals surface area contributed by atoms with Crippen LogP contribution >= 0.6 is 0 Å². The van der Waals surface area contributed by atoms with E-state index in [-0.39, 0.29) is 23.2 Å². The molecule has 1 aromatic carbocycles. The fourth-order valence-corrected chi connectivity index (χ4v) is 4.86. The number of carbonyl (C=O) groups excluding carboxylic acids is 1. The summed E-state index contributed by atoms with van der Waals surface area (Å²) in [6.07, 6.45) is 2.58. The SMILES string of the molecule is CC(C)N1CCc2nc3cc([C@H]4CCCN(C(=O)c5ccc(F)cc5)C4)[nH]n3c(=O)c2C1. The first kappa shape index (κ1) is 20.9. The van der Waals surface area contributed by atoms with Crippen molar-refractivity contribution in [1.82, 2.24) is 24.4 Å². The summed E-state index contributed by atoms with van der Waals surface area (Å²) in [5, 5.41) is 3.27. The van der Waals surface area contributed by atoms with E-state index in [4.69, 9.17) is 4.98 Å². The molecule has 8 heteroatoms. The average molecular weight is 438 g/mol. The number of halogens is 1. The number of nitrogens with zero attached hydrogens (tertiary/aromatic N) is 4. The first-order valence-corrected chi connectivity index (χ1v) is 11.3. The maximum Gasteiger partial charge on any atom is 0.277 e. The van der Waals surface area contributed by atoms with Crippen molar-refractivity contribution in [3.8, 4) is 0 Å². The lowest BCUT2D eigenvalue weighted by Gasteiger charge is -2.32. The Morgan fingerprint density at radius 3 is 2.75 bits per heavy atom. The molecule has 0 bridgehead atoms. The summed E-state index contributed by atoms with van der Waals surface area (Å²) in [5.74, 6) is -0.350. The van der Waals surface area contributed by atoms with Crippen LogP contribution in [0.15, 0.2) is 35.1 Å². The zero-order valence-corrected chi connectivity index (χ0v) is 18.5. The van der Waals surface area contributed by atoms with Gasteiger partial charge in [-0.3, -0.25) is 19.6 Å². The second-order valence-corrected chi connectivity index (χ2v) is 9.16. The lowest BCUT2D eigenvalue weighted by molar-refractivity contribution is 0.0705. The van der Waals surface area contributed by atoms with Crippen molar-refractivity contribution < 1.29 is 9.18 Å².